The zero-order valence-corrected chi connectivity index (χ0v) is 6.22. The fourth-order valence-electron chi connectivity index (χ4n) is 0.335. The Morgan fingerprint density at radius 1 is 1.67 bits per heavy atom. The molecule has 0 heterocycles. The Kier molecular flexibility index (Phi) is 3.11. The van der Waals surface area contributed by atoms with E-state index in [0.29, 0.717) is 6.61 Å². The van der Waals surface area contributed by atoms with Crippen molar-refractivity contribution in [3.63, 3.8) is 0 Å². The summed E-state index contributed by atoms with van der Waals surface area (Å²) in [6.45, 7) is 5.63. The Morgan fingerprint density at radius 3 is 2.22 bits per heavy atom. The van der Waals surface area contributed by atoms with Crippen molar-refractivity contribution in [2.45, 2.75) is 32.6 Å². The molecule has 0 aliphatic carbocycles. The third-order valence-corrected chi connectivity index (χ3v) is 0.697. The fourth-order valence-corrected chi connectivity index (χ4v) is 0.335. The van der Waals surface area contributed by atoms with E-state index in [2.05, 4.69) is 0 Å². The first-order valence-corrected chi connectivity index (χ1v) is 3.00. The lowest BCUT2D eigenvalue weighted by molar-refractivity contribution is -0.0966. The van der Waals surface area contributed by atoms with Crippen molar-refractivity contribution < 1.29 is 9.84 Å². The average Bonchev–Trinajstić information content (AvgIpc) is 1.59. The summed E-state index contributed by atoms with van der Waals surface area (Å²) in [6.07, 6.45) is -0.715. The van der Waals surface area contributed by atoms with Gasteiger partial charge in [0.2, 0.25) is 0 Å². The number of hydrogen-bond donors (Lipinski definition) is 2. The number of ether oxygens (including phenoxy) is 1. The summed E-state index contributed by atoms with van der Waals surface area (Å²) >= 11 is 0. The van der Waals surface area contributed by atoms with Gasteiger partial charge in [-0.3, -0.25) is 0 Å². The molecule has 0 radical (unpaired) electrons. The number of aliphatic hydroxyl groups excluding tert-OH is 1. The van der Waals surface area contributed by atoms with Crippen molar-refractivity contribution in [3.05, 3.63) is 0 Å². The topological polar surface area (TPSA) is 55.5 Å². The van der Waals surface area contributed by atoms with Gasteiger partial charge in [-0.25, -0.2) is 0 Å². The van der Waals surface area contributed by atoms with Gasteiger partial charge in [-0.05, 0) is 20.8 Å². The molecule has 3 N–H and O–H groups in total. The average molecular weight is 133 g/mol. The van der Waals surface area contributed by atoms with Crippen molar-refractivity contribution in [2.24, 2.45) is 5.73 Å². The third kappa shape index (κ3) is 7.88. The van der Waals surface area contributed by atoms with Crippen LogP contribution in [0.15, 0.2) is 0 Å². The molecule has 0 aromatic rings. The highest BCUT2D eigenvalue weighted by Gasteiger charge is 2.11. The van der Waals surface area contributed by atoms with Crippen molar-refractivity contribution in [1.29, 1.82) is 0 Å². The second kappa shape index (κ2) is 3.15. The van der Waals surface area contributed by atoms with E-state index in [1.165, 1.54) is 0 Å². The van der Waals surface area contributed by atoms with Crippen LogP contribution in [-0.2, 0) is 4.74 Å². The van der Waals surface area contributed by atoms with Crippen molar-refractivity contribution in [3.8, 4) is 0 Å². The van der Waals surface area contributed by atoms with Crippen LogP contribution >= 0.6 is 0 Å². The highest BCUT2D eigenvalue weighted by molar-refractivity contribution is 4.69. The van der Waals surface area contributed by atoms with Gasteiger partial charge in [0.15, 0.2) is 6.29 Å². The quantitative estimate of drug-likeness (QED) is 0.536. The SMILES string of the molecule is CC(O)OCC(C)(C)N. The monoisotopic (exact) mass is 133 g/mol. The summed E-state index contributed by atoms with van der Waals surface area (Å²) in [5.74, 6) is 0. The molecule has 0 saturated carbocycles. The first-order chi connectivity index (χ1) is 3.92. The molecule has 1 unspecified atom stereocenters. The van der Waals surface area contributed by atoms with E-state index in [4.69, 9.17) is 15.6 Å². The van der Waals surface area contributed by atoms with Crippen LogP contribution in [0.4, 0.5) is 0 Å². The summed E-state index contributed by atoms with van der Waals surface area (Å²) in [5, 5.41) is 8.64. The molecule has 0 fully saturated rings. The van der Waals surface area contributed by atoms with Crippen LogP contribution in [0.3, 0.4) is 0 Å². The van der Waals surface area contributed by atoms with Crippen molar-refractivity contribution in [2.75, 3.05) is 6.61 Å². The predicted molar refractivity (Wildman–Crippen MR) is 35.9 cm³/mol. The minimum absolute atomic E-state index is 0.350. The molecule has 0 aliphatic heterocycles. The second-order valence-corrected chi connectivity index (χ2v) is 2.90. The van der Waals surface area contributed by atoms with Gasteiger partial charge >= 0.3 is 0 Å². The van der Waals surface area contributed by atoms with Crippen LogP contribution in [0.25, 0.3) is 0 Å². The van der Waals surface area contributed by atoms with Gasteiger partial charge in [0, 0.05) is 5.54 Å². The van der Waals surface area contributed by atoms with E-state index in [1.807, 2.05) is 13.8 Å². The normalized spacial score (nSPS) is 15.7. The molecule has 0 amide bonds. The van der Waals surface area contributed by atoms with Gasteiger partial charge in [0.25, 0.3) is 0 Å². The summed E-state index contributed by atoms with van der Waals surface area (Å²) in [5.41, 5.74) is 5.20. The smallest absolute Gasteiger partial charge is 0.151 e. The van der Waals surface area contributed by atoms with E-state index >= 15 is 0 Å². The van der Waals surface area contributed by atoms with Gasteiger partial charge in [-0.2, -0.15) is 0 Å². The fraction of sp³-hybridized carbons (Fsp3) is 1.00. The molecule has 56 valence electrons. The molecular weight excluding hydrogens is 118 g/mol. The largest absolute Gasteiger partial charge is 0.368 e. The molecule has 3 nitrogen and oxygen atoms in total. The maximum absolute atomic E-state index is 8.64. The summed E-state index contributed by atoms with van der Waals surface area (Å²) in [4.78, 5) is 0. The highest BCUT2D eigenvalue weighted by Crippen LogP contribution is 1.98. The lowest BCUT2D eigenvalue weighted by Crippen LogP contribution is -2.38. The van der Waals surface area contributed by atoms with Crippen molar-refractivity contribution >= 4 is 0 Å². The Bertz CT molecular complexity index is 75.6. The number of rotatable bonds is 3. The minimum atomic E-state index is -0.715. The van der Waals surface area contributed by atoms with E-state index in [9.17, 15) is 0 Å². The molecule has 9 heavy (non-hydrogen) atoms. The van der Waals surface area contributed by atoms with Gasteiger partial charge in [0.05, 0.1) is 6.61 Å². The first-order valence-electron chi connectivity index (χ1n) is 3.00. The molecular formula is C6H15NO2. The molecule has 0 aromatic heterocycles. The maximum Gasteiger partial charge on any atom is 0.151 e. The summed E-state index contributed by atoms with van der Waals surface area (Å²) < 4.78 is 4.84. The number of aliphatic hydroxyl groups is 1. The zero-order valence-electron chi connectivity index (χ0n) is 6.22. The highest BCUT2D eigenvalue weighted by atomic mass is 16.6. The van der Waals surface area contributed by atoms with E-state index in [0.717, 1.165) is 0 Å². The van der Waals surface area contributed by atoms with E-state index in [-0.39, 0.29) is 5.54 Å². The Hall–Kier alpha value is -0.120. The van der Waals surface area contributed by atoms with Gasteiger partial charge < -0.3 is 15.6 Å². The van der Waals surface area contributed by atoms with Crippen LogP contribution in [0.5, 0.6) is 0 Å². The molecule has 0 bridgehead atoms. The molecule has 1 atom stereocenters. The van der Waals surface area contributed by atoms with Gasteiger partial charge in [0.1, 0.15) is 0 Å². The van der Waals surface area contributed by atoms with E-state index < -0.39 is 6.29 Å². The molecule has 3 heteroatoms. The van der Waals surface area contributed by atoms with Crippen LogP contribution < -0.4 is 5.73 Å². The molecule has 0 aromatic carbocycles. The number of hydrogen-bond acceptors (Lipinski definition) is 3. The van der Waals surface area contributed by atoms with Gasteiger partial charge in [-0.1, -0.05) is 0 Å². The lowest BCUT2D eigenvalue weighted by Gasteiger charge is -2.19. The molecule has 0 saturated heterocycles. The first kappa shape index (κ1) is 8.88. The lowest BCUT2D eigenvalue weighted by atomic mass is 10.1. The number of nitrogens with two attached hydrogens (primary N) is 1. The summed E-state index contributed by atoms with van der Waals surface area (Å²) in [6, 6.07) is 0. The van der Waals surface area contributed by atoms with Crippen LogP contribution in [-0.4, -0.2) is 23.5 Å². The Labute approximate surface area is 55.8 Å². The third-order valence-electron chi connectivity index (χ3n) is 0.697. The second-order valence-electron chi connectivity index (χ2n) is 2.90. The zero-order chi connectivity index (χ0) is 7.49. The predicted octanol–water partition coefficient (Wildman–Crippen LogP) is 0.0786. The van der Waals surface area contributed by atoms with Crippen LogP contribution in [0.1, 0.15) is 20.8 Å². The minimum Gasteiger partial charge on any atom is -0.368 e. The standard InChI is InChI=1S/C6H15NO2/c1-5(8)9-4-6(2,3)7/h5,8H,4,7H2,1-3H3. The Balaban J connectivity index is 3.28. The van der Waals surface area contributed by atoms with Crippen molar-refractivity contribution in [1.82, 2.24) is 0 Å². The maximum atomic E-state index is 8.64. The van der Waals surface area contributed by atoms with E-state index in [1.54, 1.807) is 6.92 Å². The Morgan fingerprint density at radius 2 is 2.11 bits per heavy atom. The molecule has 0 rings (SSSR count). The van der Waals surface area contributed by atoms with Crippen LogP contribution in [0.2, 0.25) is 0 Å². The van der Waals surface area contributed by atoms with Gasteiger partial charge in [-0.15, -0.1) is 0 Å². The van der Waals surface area contributed by atoms with Crippen LogP contribution in [0, 0.1) is 0 Å². The summed E-state index contributed by atoms with van der Waals surface area (Å²) in [7, 11) is 0. The molecule has 0 spiro atoms. The molecule has 0 aliphatic rings.